The van der Waals surface area contributed by atoms with Gasteiger partial charge in [-0.2, -0.15) is 5.10 Å². The van der Waals surface area contributed by atoms with Gasteiger partial charge >= 0.3 is 0 Å². The predicted molar refractivity (Wildman–Crippen MR) is 97.3 cm³/mol. The van der Waals surface area contributed by atoms with E-state index in [0.29, 0.717) is 18.1 Å². The molecule has 0 spiro atoms. The quantitative estimate of drug-likeness (QED) is 0.762. The van der Waals surface area contributed by atoms with E-state index < -0.39 is 0 Å². The fraction of sp³-hybridized carbons (Fsp3) is 0.294. The molecule has 3 aromatic heterocycles. The first kappa shape index (κ1) is 15.8. The summed E-state index contributed by atoms with van der Waals surface area (Å²) in [5, 5.41) is 9.04. The zero-order valence-corrected chi connectivity index (χ0v) is 14.4. The number of hydrogen-bond donors (Lipinski definition) is 1. The topological polar surface area (TPSA) is 75.9 Å². The summed E-state index contributed by atoms with van der Waals surface area (Å²) in [5.74, 6) is 0.425. The maximum absolute atomic E-state index is 12.0. The number of aromatic nitrogens is 4. The molecule has 1 saturated heterocycles. The Balaban J connectivity index is 1.41. The van der Waals surface area contributed by atoms with Gasteiger partial charge in [-0.25, -0.2) is 14.6 Å². The Hall–Kier alpha value is -2.74. The molecule has 0 aliphatic carbocycles. The van der Waals surface area contributed by atoms with Gasteiger partial charge in [0.05, 0.1) is 42.6 Å². The number of anilines is 2. The summed E-state index contributed by atoms with van der Waals surface area (Å²) in [5.41, 5.74) is 1.67. The summed E-state index contributed by atoms with van der Waals surface area (Å²) in [7, 11) is 0. The molecule has 0 radical (unpaired) electrons. The molecule has 1 aliphatic heterocycles. The Bertz CT molecular complexity index is 836. The second-order valence-corrected chi connectivity index (χ2v) is 6.95. The molecule has 0 saturated carbocycles. The highest BCUT2D eigenvalue weighted by atomic mass is 32.1. The van der Waals surface area contributed by atoms with Crippen LogP contribution in [-0.4, -0.2) is 38.7 Å². The highest BCUT2D eigenvalue weighted by Crippen LogP contribution is 2.19. The van der Waals surface area contributed by atoms with E-state index in [0.717, 1.165) is 23.7 Å². The van der Waals surface area contributed by atoms with Crippen molar-refractivity contribution >= 4 is 28.6 Å². The van der Waals surface area contributed by atoms with Gasteiger partial charge in [0.25, 0.3) is 5.95 Å². The average molecular weight is 354 g/mol. The van der Waals surface area contributed by atoms with Crippen molar-refractivity contribution in [3.63, 3.8) is 0 Å². The highest BCUT2D eigenvalue weighted by molar-refractivity contribution is 7.10. The van der Waals surface area contributed by atoms with Crippen LogP contribution in [0, 0.1) is 0 Å². The lowest BCUT2D eigenvalue weighted by atomic mass is 10.3. The van der Waals surface area contributed by atoms with Gasteiger partial charge < -0.3 is 10.2 Å². The molecule has 128 valence electrons. The number of rotatable bonds is 5. The van der Waals surface area contributed by atoms with Crippen molar-refractivity contribution in [3.8, 4) is 5.95 Å². The summed E-state index contributed by atoms with van der Waals surface area (Å²) in [4.78, 5) is 24.1. The smallest absolute Gasteiger partial charge is 0.250 e. The van der Waals surface area contributed by atoms with Crippen molar-refractivity contribution in [2.24, 2.45) is 0 Å². The molecule has 1 amide bonds. The van der Waals surface area contributed by atoms with Crippen LogP contribution in [0.1, 0.15) is 17.7 Å². The number of nitrogens with one attached hydrogen (secondary N) is 1. The molecule has 25 heavy (non-hydrogen) atoms. The van der Waals surface area contributed by atoms with E-state index >= 15 is 0 Å². The molecule has 0 unspecified atom stereocenters. The summed E-state index contributed by atoms with van der Waals surface area (Å²) in [6, 6.07) is 3.89. The van der Waals surface area contributed by atoms with Crippen LogP contribution in [0.3, 0.4) is 0 Å². The number of carbonyl (C=O) groups excluding carboxylic acids is 1. The average Bonchev–Trinajstić information content (AvgIpc) is 3.38. The minimum Gasteiger partial charge on any atom is -0.369 e. The first-order chi connectivity index (χ1) is 12.3. The third kappa shape index (κ3) is 3.69. The van der Waals surface area contributed by atoms with Crippen LogP contribution in [0.15, 0.2) is 42.3 Å². The molecule has 0 atom stereocenters. The van der Waals surface area contributed by atoms with Crippen LogP contribution in [0.4, 0.5) is 11.4 Å². The van der Waals surface area contributed by atoms with Crippen molar-refractivity contribution < 1.29 is 4.79 Å². The van der Waals surface area contributed by atoms with Gasteiger partial charge in [0.1, 0.15) is 0 Å². The SMILES string of the molecule is O=C(Cc1cccs1)Nc1cnn(-c2ncc(N3CCCC3)cn2)c1. The Morgan fingerprint density at radius 2 is 2.00 bits per heavy atom. The van der Waals surface area contributed by atoms with Crippen molar-refractivity contribution in [1.82, 2.24) is 19.7 Å². The van der Waals surface area contributed by atoms with Gasteiger partial charge in [-0.3, -0.25) is 4.79 Å². The summed E-state index contributed by atoms with van der Waals surface area (Å²) >= 11 is 1.57. The van der Waals surface area contributed by atoms with E-state index in [4.69, 9.17) is 0 Å². The molecule has 7 nitrogen and oxygen atoms in total. The summed E-state index contributed by atoms with van der Waals surface area (Å²) < 4.78 is 1.56. The van der Waals surface area contributed by atoms with Crippen LogP contribution in [0.25, 0.3) is 5.95 Å². The molecule has 1 fully saturated rings. The van der Waals surface area contributed by atoms with E-state index in [1.165, 1.54) is 12.8 Å². The minimum atomic E-state index is -0.0627. The predicted octanol–water partition coefficient (Wildman–Crippen LogP) is 2.51. The molecule has 8 heteroatoms. The maximum atomic E-state index is 12.0. The van der Waals surface area contributed by atoms with Crippen molar-refractivity contribution in [3.05, 3.63) is 47.2 Å². The lowest BCUT2D eigenvalue weighted by Gasteiger charge is -2.16. The Morgan fingerprint density at radius 3 is 2.72 bits per heavy atom. The second kappa shape index (κ2) is 7.02. The van der Waals surface area contributed by atoms with E-state index in [-0.39, 0.29) is 5.91 Å². The van der Waals surface area contributed by atoms with Gasteiger partial charge in [-0.1, -0.05) is 6.07 Å². The first-order valence-corrected chi connectivity index (χ1v) is 9.10. The molecule has 1 N–H and O–H groups in total. The maximum Gasteiger partial charge on any atom is 0.250 e. The zero-order chi connectivity index (χ0) is 17.1. The number of carbonyl (C=O) groups is 1. The zero-order valence-electron chi connectivity index (χ0n) is 13.6. The molecule has 4 heterocycles. The molecular formula is C17H18N6OS. The molecule has 3 aromatic rings. The van der Waals surface area contributed by atoms with Gasteiger partial charge in [-0.05, 0) is 24.3 Å². The van der Waals surface area contributed by atoms with Crippen molar-refractivity contribution in [1.29, 1.82) is 0 Å². The monoisotopic (exact) mass is 354 g/mol. The fourth-order valence-electron chi connectivity index (χ4n) is 2.84. The van der Waals surface area contributed by atoms with Crippen LogP contribution in [0.2, 0.25) is 0 Å². The number of amides is 1. The molecule has 0 bridgehead atoms. The molecular weight excluding hydrogens is 336 g/mol. The summed E-state index contributed by atoms with van der Waals surface area (Å²) in [6.45, 7) is 2.12. The molecule has 4 rings (SSSR count). The molecule has 0 aromatic carbocycles. The van der Waals surface area contributed by atoms with Crippen molar-refractivity contribution in [2.75, 3.05) is 23.3 Å². The fourth-order valence-corrected chi connectivity index (χ4v) is 3.55. The van der Waals surface area contributed by atoms with Crippen LogP contribution in [0.5, 0.6) is 0 Å². The Kier molecular flexibility index (Phi) is 4.43. The normalized spacial score (nSPS) is 14.0. The third-order valence-corrected chi connectivity index (χ3v) is 4.96. The van der Waals surface area contributed by atoms with E-state index in [9.17, 15) is 4.79 Å². The largest absolute Gasteiger partial charge is 0.369 e. The number of hydrogen-bond acceptors (Lipinski definition) is 6. The first-order valence-electron chi connectivity index (χ1n) is 8.22. The van der Waals surface area contributed by atoms with Gasteiger partial charge in [0.2, 0.25) is 5.91 Å². The Morgan fingerprint density at radius 1 is 1.20 bits per heavy atom. The number of thiophene rings is 1. The highest BCUT2D eigenvalue weighted by Gasteiger charge is 2.14. The van der Waals surface area contributed by atoms with Crippen LogP contribution >= 0.6 is 11.3 Å². The van der Waals surface area contributed by atoms with Gasteiger partial charge in [-0.15, -0.1) is 11.3 Å². The lowest BCUT2D eigenvalue weighted by molar-refractivity contribution is -0.115. The van der Waals surface area contributed by atoms with Crippen LogP contribution < -0.4 is 10.2 Å². The lowest BCUT2D eigenvalue weighted by Crippen LogP contribution is -2.18. The summed E-state index contributed by atoms with van der Waals surface area (Å²) in [6.07, 6.45) is 9.77. The third-order valence-electron chi connectivity index (χ3n) is 4.08. The van der Waals surface area contributed by atoms with E-state index in [1.807, 2.05) is 29.9 Å². The standard InChI is InChI=1S/C17H18N6OS/c24-16(8-15-4-3-7-25-15)21-13-9-20-23(12-13)17-18-10-14(11-19-17)22-5-1-2-6-22/h3-4,7,9-12H,1-2,5-6,8H2,(H,21,24). The molecule has 1 aliphatic rings. The van der Waals surface area contributed by atoms with E-state index in [2.05, 4.69) is 25.3 Å². The van der Waals surface area contributed by atoms with Gasteiger partial charge in [0.15, 0.2) is 0 Å². The number of nitrogens with zero attached hydrogens (tertiary/aromatic N) is 5. The Labute approximate surface area is 149 Å². The van der Waals surface area contributed by atoms with E-state index in [1.54, 1.807) is 28.4 Å². The second-order valence-electron chi connectivity index (χ2n) is 5.91. The minimum absolute atomic E-state index is 0.0627. The van der Waals surface area contributed by atoms with Gasteiger partial charge in [0, 0.05) is 18.0 Å². The van der Waals surface area contributed by atoms with Crippen LogP contribution in [-0.2, 0) is 11.2 Å². The van der Waals surface area contributed by atoms with Crippen molar-refractivity contribution in [2.45, 2.75) is 19.3 Å².